The van der Waals surface area contributed by atoms with Crippen molar-refractivity contribution in [2.24, 2.45) is 0 Å². The molecule has 4 rings (SSSR count). The fourth-order valence-corrected chi connectivity index (χ4v) is 2.99. The zero-order chi connectivity index (χ0) is 16.7. The summed E-state index contributed by atoms with van der Waals surface area (Å²) in [5.74, 6) is 0.491. The first-order valence-electron chi connectivity index (χ1n) is 7.92. The molecule has 0 bridgehead atoms. The Kier molecular flexibility index (Phi) is 3.53. The highest BCUT2D eigenvalue weighted by Crippen LogP contribution is 2.34. The normalized spacial score (nSPS) is 22.0. The van der Waals surface area contributed by atoms with E-state index < -0.39 is 11.0 Å². The summed E-state index contributed by atoms with van der Waals surface area (Å²) < 4.78 is 0. The van der Waals surface area contributed by atoms with Crippen molar-refractivity contribution in [3.05, 3.63) is 51.7 Å². The Morgan fingerprint density at radius 3 is 2.79 bits per heavy atom. The molecule has 1 aromatic heterocycles. The van der Waals surface area contributed by atoms with E-state index in [-0.39, 0.29) is 29.5 Å². The van der Waals surface area contributed by atoms with Crippen LogP contribution in [-0.4, -0.2) is 32.1 Å². The minimum absolute atomic E-state index is 0.139. The first-order chi connectivity index (χ1) is 11.6. The number of hydrogen-bond donors (Lipinski definition) is 3. The van der Waals surface area contributed by atoms with Crippen molar-refractivity contribution in [1.82, 2.24) is 9.97 Å². The average molecular weight is 327 g/mol. The van der Waals surface area contributed by atoms with E-state index in [4.69, 9.17) is 0 Å². The Morgan fingerprint density at radius 1 is 1.25 bits per heavy atom. The maximum absolute atomic E-state index is 11.1. The van der Waals surface area contributed by atoms with Gasteiger partial charge in [-0.3, -0.25) is 10.1 Å². The smallest absolute Gasteiger partial charge is 0.329 e. The summed E-state index contributed by atoms with van der Waals surface area (Å²) in [6, 6.07) is 7.71. The van der Waals surface area contributed by atoms with E-state index in [9.17, 15) is 15.2 Å². The van der Waals surface area contributed by atoms with Crippen LogP contribution in [0.5, 0.6) is 0 Å². The van der Waals surface area contributed by atoms with Crippen LogP contribution in [0.3, 0.4) is 0 Å². The fourth-order valence-electron chi connectivity index (χ4n) is 2.99. The monoisotopic (exact) mass is 327 g/mol. The summed E-state index contributed by atoms with van der Waals surface area (Å²) in [7, 11) is 0. The molecular weight excluding hydrogens is 310 g/mol. The molecule has 2 aliphatic carbocycles. The second-order valence-corrected chi connectivity index (χ2v) is 6.20. The molecule has 0 unspecified atom stereocenters. The molecule has 0 amide bonds. The van der Waals surface area contributed by atoms with E-state index in [0.29, 0.717) is 6.42 Å². The summed E-state index contributed by atoms with van der Waals surface area (Å²) in [5.41, 5.74) is 1.95. The Balaban J connectivity index is 1.61. The van der Waals surface area contributed by atoms with Crippen molar-refractivity contribution in [2.75, 3.05) is 10.6 Å². The number of nitrogens with one attached hydrogen (secondary N) is 2. The Morgan fingerprint density at radius 2 is 2.04 bits per heavy atom. The highest BCUT2D eigenvalue weighted by atomic mass is 16.6. The predicted octanol–water partition coefficient (Wildman–Crippen LogP) is 2.03. The van der Waals surface area contributed by atoms with Gasteiger partial charge in [0, 0.05) is 12.5 Å². The molecule has 0 aliphatic heterocycles. The minimum atomic E-state index is -0.582. The van der Waals surface area contributed by atoms with Crippen LogP contribution in [0.4, 0.5) is 17.5 Å². The number of aromatic nitrogens is 2. The van der Waals surface area contributed by atoms with Gasteiger partial charge in [-0.1, -0.05) is 24.3 Å². The lowest BCUT2D eigenvalue weighted by molar-refractivity contribution is -0.384. The number of aliphatic hydroxyl groups excluding tert-OH is 1. The Labute approximate surface area is 138 Å². The van der Waals surface area contributed by atoms with E-state index in [0.717, 1.165) is 24.0 Å². The first-order valence-corrected chi connectivity index (χ1v) is 7.92. The molecule has 1 aromatic carbocycles. The number of nitrogens with zero attached hydrogens (tertiary/aromatic N) is 3. The van der Waals surface area contributed by atoms with Crippen LogP contribution < -0.4 is 10.6 Å². The summed E-state index contributed by atoms with van der Waals surface area (Å²) >= 11 is 0. The van der Waals surface area contributed by atoms with Crippen molar-refractivity contribution in [3.63, 3.8) is 0 Å². The zero-order valence-electron chi connectivity index (χ0n) is 12.8. The second-order valence-electron chi connectivity index (χ2n) is 6.20. The topological polar surface area (TPSA) is 113 Å². The maximum Gasteiger partial charge on any atom is 0.329 e. The Hall–Kier alpha value is -2.74. The van der Waals surface area contributed by atoms with E-state index in [1.165, 1.54) is 6.20 Å². The lowest BCUT2D eigenvalue weighted by Gasteiger charge is -2.18. The number of anilines is 2. The van der Waals surface area contributed by atoms with E-state index in [1.807, 2.05) is 24.3 Å². The van der Waals surface area contributed by atoms with Gasteiger partial charge in [0.2, 0.25) is 11.8 Å². The number of aliphatic hydroxyl groups is 1. The summed E-state index contributed by atoms with van der Waals surface area (Å²) in [6.45, 7) is 0. The van der Waals surface area contributed by atoms with Crippen LogP contribution in [-0.2, 0) is 6.42 Å². The van der Waals surface area contributed by atoms with E-state index in [1.54, 1.807) is 0 Å². The summed E-state index contributed by atoms with van der Waals surface area (Å²) in [4.78, 5) is 18.9. The van der Waals surface area contributed by atoms with Crippen LogP contribution in [0.15, 0.2) is 30.5 Å². The predicted molar refractivity (Wildman–Crippen MR) is 87.8 cm³/mol. The molecule has 1 heterocycles. The lowest BCUT2D eigenvalue weighted by Crippen LogP contribution is -2.22. The van der Waals surface area contributed by atoms with E-state index in [2.05, 4.69) is 20.6 Å². The second kappa shape index (κ2) is 5.72. The van der Waals surface area contributed by atoms with Gasteiger partial charge >= 0.3 is 5.69 Å². The highest BCUT2D eigenvalue weighted by Gasteiger charge is 2.32. The molecule has 24 heavy (non-hydrogen) atoms. The number of rotatable bonds is 5. The molecule has 0 spiro atoms. The quantitative estimate of drug-likeness (QED) is 0.569. The minimum Gasteiger partial charge on any atom is -0.390 e. The molecule has 8 heteroatoms. The van der Waals surface area contributed by atoms with Gasteiger partial charge in [-0.2, -0.15) is 4.98 Å². The summed E-state index contributed by atoms with van der Waals surface area (Å²) in [5, 5.41) is 27.6. The van der Waals surface area contributed by atoms with Crippen LogP contribution in [0.1, 0.15) is 30.0 Å². The van der Waals surface area contributed by atoms with Crippen molar-refractivity contribution in [3.8, 4) is 0 Å². The number of benzene rings is 1. The molecule has 8 nitrogen and oxygen atoms in total. The molecular formula is C16H17N5O3. The standard InChI is InChI=1S/C16H17N5O3/c22-13-7-9-3-1-2-4-11(9)14(13)19-16-17-8-12(21(23)24)15(20-16)18-10-5-6-10/h1-4,8,10,13-14,22H,5-7H2,(H2,17,18,19,20)/t13-,14+/m1/s1. The highest BCUT2D eigenvalue weighted by molar-refractivity contribution is 5.58. The number of hydrogen-bond acceptors (Lipinski definition) is 7. The van der Waals surface area contributed by atoms with Gasteiger partial charge in [-0.25, -0.2) is 4.98 Å². The van der Waals surface area contributed by atoms with Gasteiger partial charge in [-0.15, -0.1) is 0 Å². The lowest BCUT2D eigenvalue weighted by atomic mass is 10.1. The van der Waals surface area contributed by atoms with Gasteiger partial charge in [0.05, 0.1) is 17.1 Å². The third-order valence-corrected chi connectivity index (χ3v) is 4.37. The Bertz CT molecular complexity index is 793. The molecule has 3 N–H and O–H groups in total. The first kappa shape index (κ1) is 14.8. The largest absolute Gasteiger partial charge is 0.390 e. The maximum atomic E-state index is 11.1. The van der Waals surface area contributed by atoms with Crippen LogP contribution in [0.2, 0.25) is 0 Å². The molecule has 2 atom stereocenters. The van der Waals surface area contributed by atoms with Gasteiger partial charge in [0.25, 0.3) is 0 Å². The van der Waals surface area contributed by atoms with Crippen molar-refractivity contribution in [1.29, 1.82) is 0 Å². The molecule has 1 fully saturated rings. The van der Waals surface area contributed by atoms with Gasteiger partial charge in [0.15, 0.2) is 0 Å². The average Bonchev–Trinajstić information content (AvgIpc) is 3.31. The zero-order valence-corrected chi connectivity index (χ0v) is 12.8. The van der Waals surface area contributed by atoms with Crippen molar-refractivity contribution >= 4 is 17.5 Å². The fraction of sp³-hybridized carbons (Fsp3) is 0.375. The molecule has 0 saturated heterocycles. The van der Waals surface area contributed by atoms with Crippen molar-refractivity contribution in [2.45, 2.75) is 37.5 Å². The number of fused-ring (bicyclic) bond motifs is 1. The van der Waals surface area contributed by atoms with Crippen LogP contribution in [0.25, 0.3) is 0 Å². The van der Waals surface area contributed by atoms with Crippen LogP contribution >= 0.6 is 0 Å². The van der Waals surface area contributed by atoms with Gasteiger partial charge in [-0.05, 0) is 24.0 Å². The third-order valence-electron chi connectivity index (χ3n) is 4.37. The van der Waals surface area contributed by atoms with Gasteiger partial charge in [0.1, 0.15) is 6.20 Å². The number of nitro groups is 1. The summed E-state index contributed by atoms with van der Waals surface area (Å²) in [6.07, 6.45) is 3.15. The van der Waals surface area contributed by atoms with E-state index >= 15 is 0 Å². The molecule has 2 aliphatic rings. The SMILES string of the molecule is O=[N+]([O-])c1cnc(N[C@H]2c3ccccc3C[C@H]2O)nc1NC1CC1. The van der Waals surface area contributed by atoms with Crippen LogP contribution in [0, 0.1) is 10.1 Å². The molecule has 1 saturated carbocycles. The third kappa shape index (κ3) is 2.76. The molecule has 2 aromatic rings. The molecule has 0 radical (unpaired) electrons. The van der Waals surface area contributed by atoms with Gasteiger partial charge < -0.3 is 15.7 Å². The van der Waals surface area contributed by atoms with Crippen molar-refractivity contribution < 1.29 is 10.0 Å². The molecule has 124 valence electrons.